The number of benzene rings is 2. The van der Waals surface area contributed by atoms with Gasteiger partial charge in [-0.05, 0) is 59.8 Å². The molecular weight excluding hydrogens is 500 g/mol. The minimum Gasteiger partial charge on any atom is -0.383 e. The van der Waals surface area contributed by atoms with Gasteiger partial charge in [0.1, 0.15) is 5.69 Å². The molecule has 0 bridgehead atoms. The number of fused-ring (bicyclic) bond motifs is 1. The quantitative estimate of drug-likeness (QED) is 0.405. The molecule has 3 aromatic rings. The van der Waals surface area contributed by atoms with Crippen LogP contribution in [0.2, 0.25) is 5.02 Å². The highest BCUT2D eigenvalue weighted by atomic mass is 35.5. The molecule has 4 rings (SSSR count). The summed E-state index contributed by atoms with van der Waals surface area (Å²) in [6, 6.07) is 11.4. The molecule has 1 aliphatic heterocycles. The molecule has 1 aromatic heterocycles. The first kappa shape index (κ1) is 27.9. The molecule has 1 saturated heterocycles. The van der Waals surface area contributed by atoms with Gasteiger partial charge in [-0.1, -0.05) is 37.2 Å². The number of halogens is 1. The standard InChI is InChI=1S/C30H37ClN4O3/c1-6-24-25(20(2)7-9-26(24)29(36)32-12-14-38-5)11-13-33(3)17-21-18-35(19-21)30(37)28-16-22-15-23(31)8-10-27(22)34(28)4/h7-11,15-16,21H,2,6,12-14,17-19H2,1,3-5H3,(H,32,36)/b25-11+. The number of methoxy groups -OCH3 is 1. The number of rotatable bonds is 10. The molecule has 0 atom stereocenters. The van der Waals surface area contributed by atoms with Gasteiger partial charge < -0.3 is 24.4 Å². The van der Waals surface area contributed by atoms with Crippen LogP contribution in [0.4, 0.5) is 0 Å². The molecule has 2 amide bonds. The Bertz CT molecular complexity index is 1440. The maximum absolute atomic E-state index is 13.1. The van der Waals surface area contributed by atoms with Crippen LogP contribution in [0.1, 0.15) is 33.3 Å². The van der Waals surface area contributed by atoms with Crippen LogP contribution in [0, 0.1) is 5.92 Å². The van der Waals surface area contributed by atoms with Crippen LogP contribution in [0.5, 0.6) is 0 Å². The molecule has 1 N–H and O–H groups in total. The normalized spacial score (nSPS) is 14.4. The van der Waals surface area contributed by atoms with E-state index >= 15 is 0 Å². The molecule has 0 saturated carbocycles. The van der Waals surface area contributed by atoms with Gasteiger partial charge in [0.25, 0.3) is 11.8 Å². The first-order valence-corrected chi connectivity index (χ1v) is 13.4. The largest absolute Gasteiger partial charge is 0.383 e. The summed E-state index contributed by atoms with van der Waals surface area (Å²) >= 11 is 6.13. The Balaban J connectivity index is 1.37. The fraction of sp³-hybridized carbons (Fsp3) is 0.400. The number of hydrogen-bond donors (Lipinski definition) is 1. The lowest BCUT2D eigenvalue weighted by Crippen LogP contribution is -2.53. The maximum atomic E-state index is 13.1. The van der Waals surface area contributed by atoms with Crippen molar-refractivity contribution < 1.29 is 14.3 Å². The van der Waals surface area contributed by atoms with E-state index in [2.05, 4.69) is 36.8 Å². The highest BCUT2D eigenvalue weighted by molar-refractivity contribution is 6.31. The number of hydrogen-bond acceptors (Lipinski definition) is 4. The Kier molecular flexibility index (Phi) is 8.92. The second kappa shape index (κ2) is 12.2. The van der Waals surface area contributed by atoms with E-state index < -0.39 is 0 Å². The van der Waals surface area contributed by atoms with Gasteiger partial charge >= 0.3 is 0 Å². The van der Waals surface area contributed by atoms with Crippen molar-refractivity contribution >= 4 is 47.0 Å². The lowest BCUT2D eigenvalue weighted by atomic mass is 9.98. The highest BCUT2D eigenvalue weighted by Gasteiger charge is 2.33. The third-order valence-electron chi connectivity index (χ3n) is 7.28. The third-order valence-corrected chi connectivity index (χ3v) is 7.52. The van der Waals surface area contributed by atoms with Crippen molar-refractivity contribution in [2.24, 2.45) is 13.0 Å². The second-order valence-corrected chi connectivity index (χ2v) is 10.5. The van der Waals surface area contributed by atoms with Crippen LogP contribution in [0.3, 0.4) is 0 Å². The van der Waals surface area contributed by atoms with Crippen LogP contribution in [0.25, 0.3) is 23.6 Å². The van der Waals surface area contributed by atoms with E-state index in [-0.39, 0.29) is 11.8 Å². The van der Waals surface area contributed by atoms with Gasteiger partial charge in [-0.2, -0.15) is 0 Å². The van der Waals surface area contributed by atoms with Gasteiger partial charge in [0.2, 0.25) is 0 Å². The number of ether oxygens (including phenoxy) is 1. The molecule has 1 aliphatic rings. The smallest absolute Gasteiger partial charge is 0.270 e. The van der Waals surface area contributed by atoms with E-state index in [0.717, 1.165) is 59.5 Å². The number of aryl methyl sites for hydroxylation is 1. The summed E-state index contributed by atoms with van der Waals surface area (Å²) in [5, 5.41) is 6.50. The van der Waals surface area contributed by atoms with E-state index in [1.54, 1.807) is 7.11 Å². The van der Waals surface area contributed by atoms with E-state index in [9.17, 15) is 9.59 Å². The predicted octanol–water partition coefficient (Wildman–Crippen LogP) is 2.67. The second-order valence-electron chi connectivity index (χ2n) is 10.1. The van der Waals surface area contributed by atoms with Crippen LogP contribution < -0.4 is 15.8 Å². The monoisotopic (exact) mass is 536 g/mol. The number of likely N-dealkylation sites (tertiary alicyclic amines) is 1. The van der Waals surface area contributed by atoms with Crippen LogP contribution in [-0.2, 0) is 18.2 Å². The average molecular weight is 537 g/mol. The third kappa shape index (κ3) is 5.96. The van der Waals surface area contributed by atoms with Crippen molar-refractivity contribution in [1.82, 2.24) is 19.7 Å². The highest BCUT2D eigenvalue weighted by Crippen LogP contribution is 2.26. The molecule has 7 nitrogen and oxygen atoms in total. The molecule has 0 aliphatic carbocycles. The van der Waals surface area contributed by atoms with Gasteiger partial charge in [0, 0.05) is 74.3 Å². The molecule has 0 spiro atoms. The molecule has 202 valence electrons. The topological polar surface area (TPSA) is 66.8 Å². The van der Waals surface area contributed by atoms with E-state index in [1.807, 2.05) is 52.9 Å². The van der Waals surface area contributed by atoms with Crippen molar-refractivity contribution in [3.63, 3.8) is 0 Å². The van der Waals surface area contributed by atoms with Crippen molar-refractivity contribution in [3.8, 4) is 0 Å². The minimum absolute atomic E-state index is 0.0557. The van der Waals surface area contributed by atoms with Gasteiger partial charge in [0.05, 0.1) is 6.61 Å². The van der Waals surface area contributed by atoms with Gasteiger partial charge in [-0.25, -0.2) is 0 Å². The first-order chi connectivity index (χ1) is 18.2. The van der Waals surface area contributed by atoms with Crippen LogP contribution in [-0.4, -0.2) is 79.7 Å². The van der Waals surface area contributed by atoms with Crippen molar-refractivity contribution in [2.75, 3.05) is 53.5 Å². The van der Waals surface area contributed by atoms with E-state index in [0.29, 0.717) is 35.3 Å². The van der Waals surface area contributed by atoms with Crippen molar-refractivity contribution in [1.29, 1.82) is 0 Å². The zero-order valence-electron chi connectivity index (χ0n) is 22.7. The number of aromatic nitrogens is 1. The molecule has 0 unspecified atom stereocenters. The summed E-state index contributed by atoms with van der Waals surface area (Å²) in [7, 11) is 5.62. The summed E-state index contributed by atoms with van der Waals surface area (Å²) in [5.41, 5.74) is 3.38. The number of nitrogens with one attached hydrogen (secondary N) is 1. The maximum Gasteiger partial charge on any atom is 0.270 e. The lowest BCUT2D eigenvalue weighted by molar-refractivity contribution is 0.0435. The van der Waals surface area contributed by atoms with Gasteiger partial charge in [0.15, 0.2) is 0 Å². The number of amides is 2. The summed E-state index contributed by atoms with van der Waals surface area (Å²) in [6.45, 7) is 10.3. The fourth-order valence-electron chi connectivity index (χ4n) is 5.22. The summed E-state index contributed by atoms with van der Waals surface area (Å²) in [4.78, 5) is 30.0. The van der Waals surface area contributed by atoms with E-state index in [1.165, 1.54) is 0 Å². The zero-order valence-corrected chi connectivity index (χ0v) is 23.5. The van der Waals surface area contributed by atoms with Gasteiger partial charge in [-0.3, -0.25) is 9.59 Å². The molecule has 1 fully saturated rings. The zero-order chi connectivity index (χ0) is 27.4. The van der Waals surface area contributed by atoms with Gasteiger partial charge in [-0.15, -0.1) is 0 Å². The average Bonchev–Trinajstić information content (AvgIpc) is 3.19. The predicted molar refractivity (Wildman–Crippen MR) is 154 cm³/mol. The lowest BCUT2D eigenvalue weighted by Gasteiger charge is -2.41. The first-order valence-electron chi connectivity index (χ1n) is 13.0. The van der Waals surface area contributed by atoms with E-state index in [4.69, 9.17) is 16.3 Å². The number of carbonyl (C=O) groups is 2. The number of nitrogens with zero attached hydrogens (tertiary/aromatic N) is 3. The molecule has 0 radical (unpaired) electrons. The van der Waals surface area contributed by atoms with Crippen LogP contribution >= 0.6 is 11.6 Å². The van der Waals surface area contributed by atoms with Crippen molar-refractivity contribution in [3.05, 3.63) is 68.7 Å². The SMILES string of the molecule is C=c1ccc(C(=O)NCCOC)c(CC)/c1=C/CN(C)CC1CN(C(=O)c2cc3cc(Cl)ccc3n2C)C1. The molecule has 8 heteroatoms. The Labute approximate surface area is 229 Å². The Hall–Kier alpha value is -3.13. The molecule has 2 aromatic carbocycles. The fourth-order valence-corrected chi connectivity index (χ4v) is 5.40. The molecule has 38 heavy (non-hydrogen) atoms. The number of carbonyl (C=O) groups excluding carboxylic acids is 2. The summed E-state index contributed by atoms with van der Waals surface area (Å²) in [6.07, 6.45) is 2.90. The molecule has 2 heterocycles. The Morgan fingerprint density at radius 1 is 1.24 bits per heavy atom. The summed E-state index contributed by atoms with van der Waals surface area (Å²) in [5.74, 6) is 0.389. The van der Waals surface area contributed by atoms with Crippen LogP contribution in [0.15, 0.2) is 36.4 Å². The Morgan fingerprint density at radius 3 is 2.71 bits per heavy atom. The minimum atomic E-state index is -0.0876. The van der Waals surface area contributed by atoms with Crippen molar-refractivity contribution in [2.45, 2.75) is 13.3 Å². The molecular formula is C30H37ClN4O3. The summed E-state index contributed by atoms with van der Waals surface area (Å²) < 4.78 is 6.98. The Morgan fingerprint density at radius 2 is 2.00 bits per heavy atom.